The summed E-state index contributed by atoms with van der Waals surface area (Å²) >= 11 is 0. The van der Waals surface area contributed by atoms with Crippen LogP contribution < -0.4 is 5.32 Å². The first-order chi connectivity index (χ1) is 8.81. The first-order valence-electron chi connectivity index (χ1n) is 7.57. The molecule has 1 aliphatic heterocycles. The lowest BCUT2D eigenvalue weighted by molar-refractivity contribution is 0.0176. The third-order valence-corrected chi connectivity index (χ3v) is 3.59. The van der Waals surface area contributed by atoms with E-state index in [1.807, 2.05) is 6.08 Å². The van der Waals surface area contributed by atoms with Crippen molar-refractivity contribution in [2.45, 2.75) is 71.2 Å². The lowest BCUT2D eigenvalue weighted by Gasteiger charge is -2.28. The number of nitrogens with one attached hydrogen (secondary N) is 1. The van der Waals surface area contributed by atoms with Crippen LogP contribution in [0.15, 0.2) is 12.7 Å². The molecule has 0 aliphatic carbocycles. The monoisotopic (exact) mass is 268 g/mol. The molecule has 1 N–H and O–H groups in total. The average molecular weight is 268 g/mol. The number of hydrogen-bond donors (Lipinski definition) is 1. The van der Waals surface area contributed by atoms with Crippen LogP contribution in [0.25, 0.3) is 0 Å². The second-order valence-electron chi connectivity index (χ2n) is 6.92. The molecule has 2 unspecified atom stereocenters. The quantitative estimate of drug-likeness (QED) is 0.719. The molecular weight excluding hydrogens is 236 g/mol. The summed E-state index contributed by atoms with van der Waals surface area (Å²) < 4.78 is 6.15. The molecule has 1 saturated heterocycles. The Bertz CT molecular complexity index is 270. The fraction of sp³-hybridized carbons (Fsp3) is 0.875. The second kappa shape index (κ2) is 7.41. The zero-order chi connectivity index (χ0) is 14.5. The predicted octanol–water partition coefficient (Wildman–Crippen LogP) is 2.82. The van der Waals surface area contributed by atoms with Gasteiger partial charge in [0, 0.05) is 31.2 Å². The second-order valence-corrected chi connectivity index (χ2v) is 6.92. The molecule has 3 heteroatoms. The van der Waals surface area contributed by atoms with Gasteiger partial charge < -0.3 is 10.1 Å². The van der Waals surface area contributed by atoms with Gasteiger partial charge in [0.05, 0.1) is 12.2 Å². The molecule has 0 saturated carbocycles. The Morgan fingerprint density at radius 2 is 1.95 bits per heavy atom. The van der Waals surface area contributed by atoms with Crippen molar-refractivity contribution in [3.8, 4) is 0 Å². The molecule has 1 fully saturated rings. The summed E-state index contributed by atoms with van der Waals surface area (Å²) in [6.45, 7) is 17.8. The van der Waals surface area contributed by atoms with E-state index in [0.717, 1.165) is 19.6 Å². The van der Waals surface area contributed by atoms with Gasteiger partial charge in [-0.3, -0.25) is 4.90 Å². The molecule has 19 heavy (non-hydrogen) atoms. The Morgan fingerprint density at radius 3 is 2.47 bits per heavy atom. The third kappa shape index (κ3) is 6.55. The van der Waals surface area contributed by atoms with Gasteiger partial charge in [-0.25, -0.2) is 0 Å². The highest BCUT2D eigenvalue weighted by atomic mass is 16.5. The van der Waals surface area contributed by atoms with E-state index in [9.17, 15) is 0 Å². The summed E-state index contributed by atoms with van der Waals surface area (Å²) in [5, 5.41) is 3.53. The lowest BCUT2D eigenvalue weighted by Crippen LogP contribution is -2.42. The van der Waals surface area contributed by atoms with E-state index >= 15 is 0 Å². The van der Waals surface area contributed by atoms with Crippen LogP contribution in [0.1, 0.15) is 47.5 Å². The summed E-state index contributed by atoms with van der Waals surface area (Å²) in [5.74, 6) is 0. The molecule has 0 aromatic rings. The van der Waals surface area contributed by atoms with Gasteiger partial charge in [-0.05, 0) is 47.5 Å². The largest absolute Gasteiger partial charge is 0.372 e. The molecule has 1 aliphatic rings. The fourth-order valence-electron chi connectivity index (χ4n) is 2.41. The smallest absolute Gasteiger partial charge is 0.0707 e. The third-order valence-electron chi connectivity index (χ3n) is 3.59. The molecule has 0 bridgehead atoms. The Balaban J connectivity index is 2.32. The number of rotatable bonds is 7. The van der Waals surface area contributed by atoms with E-state index < -0.39 is 0 Å². The Morgan fingerprint density at radius 1 is 1.32 bits per heavy atom. The van der Waals surface area contributed by atoms with Gasteiger partial charge >= 0.3 is 0 Å². The van der Waals surface area contributed by atoms with E-state index in [4.69, 9.17) is 4.74 Å². The standard InChI is InChI=1S/C16H32N2O/c1-7-10-18(13(2)3)12-15-9-8-14(19-15)11-17-16(4,5)6/h7,13-15,17H,1,8-12H2,2-6H3. The van der Waals surface area contributed by atoms with Crippen LogP contribution in [0.3, 0.4) is 0 Å². The zero-order valence-electron chi connectivity index (χ0n) is 13.4. The van der Waals surface area contributed by atoms with Crippen molar-refractivity contribution in [2.75, 3.05) is 19.6 Å². The van der Waals surface area contributed by atoms with Crippen molar-refractivity contribution in [3.05, 3.63) is 12.7 Å². The Labute approximate surface area is 119 Å². The van der Waals surface area contributed by atoms with E-state index in [1.165, 1.54) is 12.8 Å². The predicted molar refractivity (Wildman–Crippen MR) is 82.6 cm³/mol. The first-order valence-corrected chi connectivity index (χ1v) is 7.57. The van der Waals surface area contributed by atoms with Crippen molar-refractivity contribution < 1.29 is 4.74 Å². The van der Waals surface area contributed by atoms with Gasteiger partial charge in [-0.1, -0.05) is 6.08 Å². The van der Waals surface area contributed by atoms with E-state index in [1.54, 1.807) is 0 Å². The first kappa shape index (κ1) is 16.7. The summed E-state index contributed by atoms with van der Waals surface area (Å²) in [7, 11) is 0. The maximum absolute atomic E-state index is 6.15. The lowest BCUT2D eigenvalue weighted by atomic mass is 10.1. The van der Waals surface area contributed by atoms with Crippen molar-refractivity contribution in [2.24, 2.45) is 0 Å². The van der Waals surface area contributed by atoms with Gasteiger partial charge in [0.2, 0.25) is 0 Å². The number of nitrogens with zero attached hydrogens (tertiary/aromatic N) is 1. The highest BCUT2D eigenvalue weighted by molar-refractivity contribution is 4.83. The topological polar surface area (TPSA) is 24.5 Å². The Hall–Kier alpha value is -0.380. The summed E-state index contributed by atoms with van der Waals surface area (Å²) in [5.41, 5.74) is 0.175. The van der Waals surface area contributed by atoms with E-state index in [2.05, 4.69) is 51.4 Å². The minimum absolute atomic E-state index is 0.175. The molecule has 0 radical (unpaired) electrons. The molecule has 2 atom stereocenters. The minimum Gasteiger partial charge on any atom is -0.372 e. The molecule has 3 nitrogen and oxygen atoms in total. The zero-order valence-corrected chi connectivity index (χ0v) is 13.4. The van der Waals surface area contributed by atoms with Crippen molar-refractivity contribution >= 4 is 0 Å². The maximum Gasteiger partial charge on any atom is 0.0707 e. The van der Waals surface area contributed by atoms with Crippen LogP contribution in [0.4, 0.5) is 0 Å². The highest BCUT2D eigenvalue weighted by Gasteiger charge is 2.27. The van der Waals surface area contributed by atoms with E-state index in [-0.39, 0.29) is 5.54 Å². The molecule has 0 amide bonds. The minimum atomic E-state index is 0.175. The van der Waals surface area contributed by atoms with Gasteiger partial charge in [0.25, 0.3) is 0 Å². The number of ether oxygens (including phenoxy) is 1. The molecule has 0 aromatic carbocycles. The fourth-order valence-corrected chi connectivity index (χ4v) is 2.41. The summed E-state index contributed by atoms with van der Waals surface area (Å²) in [6.07, 6.45) is 5.09. The summed E-state index contributed by atoms with van der Waals surface area (Å²) in [6, 6.07) is 0.549. The van der Waals surface area contributed by atoms with Crippen LogP contribution in [0, 0.1) is 0 Å². The maximum atomic E-state index is 6.15. The van der Waals surface area contributed by atoms with Crippen LogP contribution in [0.2, 0.25) is 0 Å². The molecule has 1 heterocycles. The highest BCUT2D eigenvalue weighted by Crippen LogP contribution is 2.21. The Kier molecular flexibility index (Phi) is 6.51. The van der Waals surface area contributed by atoms with Gasteiger partial charge in [0.15, 0.2) is 0 Å². The van der Waals surface area contributed by atoms with Gasteiger partial charge in [-0.2, -0.15) is 0 Å². The van der Waals surface area contributed by atoms with Crippen molar-refractivity contribution in [1.29, 1.82) is 0 Å². The van der Waals surface area contributed by atoms with E-state index in [0.29, 0.717) is 18.2 Å². The SMILES string of the molecule is C=CCN(CC1CCC(CNC(C)(C)C)O1)C(C)C. The molecule has 0 spiro atoms. The van der Waals surface area contributed by atoms with Crippen LogP contribution >= 0.6 is 0 Å². The van der Waals surface area contributed by atoms with Gasteiger partial charge in [0.1, 0.15) is 0 Å². The normalized spacial score (nSPS) is 24.4. The van der Waals surface area contributed by atoms with Crippen LogP contribution in [-0.4, -0.2) is 48.3 Å². The van der Waals surface area contributed by atoms with Crippen LogP contribution in [0.5, 0.6) is 0 Å². The molecule has 112 valence electrons. The molecule has 0 aromatic heterocycles. The number of hydrogen-bond acceptors (Lipinski definition) is 3. The van der Waals surface area contributed by atoms with Crippen molar-refractivity contribution in [1.82, 2.24) is 10.2 Å². The van der Waals surface area contributed by atoms with Crippen molar-refractivity contribution in [3.63, 3.8) is 0 Å². The van der Waals surface area contributed by atoms with Crippen LogP contribution in [-0.2, 0) is 4.74 Å². The molecule has 1 rings (SSSR count). The molecular formula is C16H32N2O. The summed E-state index contributed by atoms with van der Waals surface area (Å²) in [4.78, 5) is 2.43. The van der Waals surface area contributed by atoms with Gasteiger partial charge in [-0.15, -0.1) is 6.58 Å². The average Bonchev–Trinajstić information content (AvgIpc) is 2.72.